The molecule has 1 heterocycles. The molecule has 0 bridgehead atoms. The van der Waals surface area contributed by atoms with Crippen LogP contribution in [0.4, 0.5) is 18.9 Å². The lowest BCUT2D eigenvalue weighted by Crippen LogP contribution is -2.39. The van der Waals surface area contributed by atoms with E-state index in [2.05, 4.69) is 0 Å². The van der Waals surface area contributed by atoms with Gasteiger partial charge in [-0.2, -0.15) is 0 Å². The Morgan fingerprint density at radius 1 is 1.24 bits per heavy atom. The summed E-state index contributed by atoms with van der Waals surface area (Å²) in [4.78, 5) is 12.5. The summed E-state index contributed by atoms with van der Waals surface area (Å²) in [7, 11) is 0. The highest BCUT2D eigenvalue weighted by molar-refractivity contribution is 5.84. The number of hydrogen-bond donors (Lipinski definition) is 0. The molecule has 0 amide bonds. The van der Waals surface area contributed by atoms with E-state index in [9.17, 15) is 18.0 Å². The van der Waals surface area contributed by atoms with E-state index in [0.29, 0.717) is 12.0 Å². The highest BCUT2D eigenvalue weighted by Crippen LogP contribution is 2.31. The molecule has 1 fully saturated rings. The van der Waals surface area contributed by atoms with Crippen molar-refractivity contribution in [3.8, 4) is 0 Å². The van der Waals surface area contributed by atoms with Gasteiger partial charge in [0.15, 0.2) is 6.29 Å². The Labute approximate surface area is 97.0 Å². The molecule has 0 unspecified atom stereocenters. The van der Waals surface area contributed by atoms with Gasteiger partial charge in [0.25, 0.3) is 5.92 Å². The Morgan fingerprint density at radius 2 is 1.88 bits per heavy atom. The van der Waals surface area contributed by atoms with Gasteiger partial charge in [0.05, 0.1) is 0 Å². The van der Waals surface area contributed by atoms with Crippen molar-refractivity contribution in [2.45, 2.75) is 18.8 Å². The van der Waals surface area contributed by atoms with E-state index < -0.39 is 11.7 Å². The molecule has 0 spiro atoms. The zero-order valence-corrected chi connectivity index (χ0v) is 9.13. The first-order valence-corrected chi connectivity index (χ1v) is 5.39. The summed E-state index contributed by atoms with van der Waals surface area (Å²) in [6, 6.07) is 3.81. The van der Waals surface area contributed by atoms with Crippen LogP contribution in [0.2, 0.25) is 0 Å². The number of piperidine rings is 1. The highest BCUT2D eigenvalue weighted by atomic mass is 19.3. The minimum atomic E-state index is -2.63. The summed E-state index contributed by atoms with van der Waals surface area (Å²) in [6.07, 6.45) is 0.0799. The largest absolute Gasteiger partial charge is 0.371 e. The Morgan fingerprint density at radius 3 is 2.47 bits per heavy atom. The van der Waals surface area contributed by atoms with Gasteiger partial charge in [0, 0.05) is 37.2 Å². The molecule has 0 aliphatic carbocycles. The molecule has 1 saturated heterocycles. The SMILES string of the molecule is O=Cc1cc(F)ccc1N1CCC(F)(F)CC1. The van der Waals surface area contributed by atoms with E-state index >= 15 is 0 Å². The maximum atomic E-state index is 13.0. The van der Waals surface area contributed by atoms with Crippen molar-refractivity contribution >= 4 is 12.0 Å². The van der Waals surface area contributed by atoms with Crippen LogP contribution in [0.3, 0.4) is 0 Å². The number of anilines is 1. The molecule has 2 nitrogen and oxygen atoms in total. The lowest BCUT2D eigenvalue weighted by atomic mass is 10.0. The Bertz CT molecular complexity index is 424. The summed E-state index contributed by atoms with van der Waals surface area (Å²) in [6.45, 7) is 0.360. The fourth-order valence-electron chi connectivity index (χ4n) is 1.98. The number of carbonyl (C=O) groups is 1. The van der Waals surface area contributed by atoms with Crippen LogP contribution < -0.4 is 4.90 Å². The van der Waals surface area contributed by atoms with Crippen molar-refractivity contribution in [1.29, 1.82) is 0 Å². The molecule has 1 aliphatic heterocycles. The van der Waals surface area contributed by atoms with Crippen molar-refractivity contribution in [3.63, 3.8) is 0 Å². The summed E-state index contributed by atoms with van der Waals surface area (Å²) in [5.41, 5.74) is 0.729. The summed E-state index contributed by atoms with van der Waals surface area (Å²) in [5, 5.41) is 0. The van der Waals surface area contributed by atoms with E-state index in [1.165, 1.54) is 12.1 Å². The van der Waals surface area contributed by atoms with Crippen molar-refractivity contribution in [1.82, 2.24) is 0 Å². The first kappa shape index (κ1) is 12.0. The van der Waals surface area contributed by atoms with Crippen LogP contribution >= 0.6 is 0 Å². The first-order chi connectivity index (χ1) is 8.02. The minimum absolute atomic E-state index is 0.180. The Kier molecular flexibility index (Phi) is 3.09. The van der Waals surface area contributed by atoms with Gasteiger partial charge in [-0.25, -0.2) is 13.2 Å². The van der Waals surface area contributed by atoms with Gasteiger partial charge in [-0.3, -0.25) is 4.79 Å². The van der Waals surface area contributed by atoms with Crippen molar-refractivity contribution < 1.29 is 18.0 Å². The number of aldehydes is 1. The number of halogens is 3. The molecule has 1 aromatic carbocycles. The standard InChI is InChI=1S/C12H12F3NO/c13-10-1-2-11(9(7-10)8-17)16-5-3-12(14,15)4-6-16/h1-2,7-8H,3-6H2. The third-order valence-electron chi connectivity index (χ3n) is 2.95. The molecule has 92 valence electrons. The molecule has 0 atom stereocenters. The third-order valence-corrected chi connectivity index (χ3v) is 2.95. The molecule has 5 heteroatoms. The normalized spacial score (nSPS) is 19.1. The lowest BCUT2D eigenvalue weighted by molar-refractivity contribution is -0.0220. The minimum Gasteiger partial charge on any atom is -0.371 e. The third kappa shape index (κ3) is 2.60. The van der Waals surface area contributed by atoms with E-state index in [4.69, 9.17) is 0 Å². The lowest BCUT2D eigenvalue weighted by Gasteiger charge is -2.34. The second-order valence-electron chi connectivity index (χ2n) is 4.16. The van der Waals surface area contributed by atoms with Gasteiger partial charge in [0.1, 0.15) is 5.82 Å². The number of rotatable bonds is 2. The Hall–Kier alpha value is -1.52. The van der Waals surface area contributed by atoms with Crippen LogP contribution in [0.1, 0.15) is 23.2 Å². The second-order valence-corrected chi connectivity index (χ2v) is 4.16. The average molecular weight is 243 g/mol. The maximum absolute atomic E-state index is 13.0. The molecule has 1 aliphatic rings. The van der Waals surface area contributed by atoms with Crippen LogP contribution in [-0.2, 0) is 0 Å². The molecule has 17 heavy (non-hydrogen) atoms. The van der Waals surface area contributed by atoms with Gasteiger partial charge in [0.2, 0.25) is 0 Å². The fraction of sp³-hybridized carbons (Fsp3) is 0.417. The van der Waals surface area contributed by atoms with Crippen molar-refractivity contribution in [2.24, 2.45) is 0 Å². The van der Waals surface area contributed by atoms with Gasteiger partial charge in [-0.1, -0.05) is 0 Å². The maximum Gasteiger partial charge on any atom is 0.251 e. The molecule has 1 aromatic rings. The summed E-state index contributed by atoms with van der Waals surface area (Å²) < 4.78 is 38.9. The van der Waals surface area contributed by atoms with Crippen LogP contribution in [0.15, 0.2) is 18.2 Å². The molecule has 0 saturated carbocycles. The number of hydrogen-bond acceptors (Lipinski definition) is 2. The monoisotopic (exact) mass is 243 g/mol. The van der Waals surface area contributed by atoms with E-state index in [-0.39, 0.29) is 31.5 Å². The van der Waals surface area contributed by atoms with Crippen LogP contribution in [0.5, 0.6) is 0 Å². The van der Waals surface area contributed by atoms with E-state index in [0.717, 1.165) is 6.07 Å². The summed E-state index contributed by atoms with van der Waals surface area (Å²) >= 11 is 0. The van der Waals surface area contributed by atoms with Crippen LogP contribution in [0, 0.1) is 5.82 Å². The smallest absolute Gasteiger partial charge is 0.251 e. The molecule has 2 rings (SSSR count). The predicted octanol–water partition coefficient (Wildman–Crippen LogP) is 2.87. The Balaban J connectivity index is 2.21. The molecular weight excluding hydrogens is 231 g/mol. The molecule has 0 aromatic heterocycles. The number of carbonyl (C=O) groups excluding carboxylic acids is 1. The number of benzene rings is 1. The zero-order chi connectivity index (χ0) is 12.5. The van der Waals surface area contributed by atoms with Crippen LogP contribution in [-0.4, -0.2) is 25.3 Å². The number of nitrogens with zero attached hydrogens (tertiary/aromatic N) is 1. The zero-order valence-electron chi connectivity index (χ0n) is 9.13. The first-order valence-electron chi connectivity index (χ1n) is 5.39. The van der Waals surface area contributed by atoms with Gasteiger partial charge < -0.3 is 4.90 Å². The predicted molar refractivity (Wildman–Crippen MR) is 58.2 cm³/mol. The number of alkyl halides is 2. The quantitative estimate of drug-likeness (QED) is 0.744. The molecule has 0 radical (unpaired) electrons. The van der Waals surface area contributed by atoms with Crippen molar-refractivity contribution in [2.75, 3.05) is 18.0 Å². The van der Waals surface area contributed by atoms with Crippen LogP contribution in [0.25, 0.3) is 0 Å². The summed E-state index contributed by atoms with van der Waals surface area (Å²) in [5.74, 6) is -3.13. The second kappa shape index (κ2) is 4.39. The topological polar surface area (TPSA) is 20.3 Å². The van der Waals surface area contributed by atoms with Gasteiger partial charge >= 0.3 is 0 Å². The fourth-order valence-corrected chi connectivity index (χ4v) is 1.98. The molecule has 0 N–H and O–H groups in total. The average Bonchev–Trinajstić information content (AvgIpc) is 2.29. The van der Waals surface area contributed by atoms with E-state index in [1.54, 1.807) is 4.90 Å². The van der Waals surface area contributed by atoms with Gasteiger partial charge in [-0.15, -0.1) is 0 Å². The van der Waals surface area contributed by atoms with Gasteiger partial charge in [-0.05, 0) is 18.2 Å². The molecular formula is C12H12F3NO. The van der Waals surface area contributed by atoms with E-state index in [1.807, 2.05) is 0 Å². The van der Waals surface area contributed by atoms with Crippen molar-refractivity contribution in [3.05, 3.63) is 29.6 Å². The highest BCUT2D eigenvalue weighted by Gasteiger charge is 2.34.